The van der Waals surface area contributed by atoms with Crippen LogP contribution in [-0.2, 0) is 30.5 Å². The Balaban J connectivity index is 2.22. The van der Waals surface area contributed by atoms with E-state index in [9.17, 15) is 22.4 Å². The monoisotopic (exact) mass is 316 g/mol. The van der Waals surface area contributed by atoms with Gasteiger partial charge in [-0.15, -0.1) is 0 Å². The normalized spacial score (nSPS) is 19.4. The summed E-state index contributed by atoms with van der Waals surface area (Å²) in [6.07, 6.45) is 2.20. The van der Waals surface area contributed by atoms with Gasteiger partial charge < -0.3 is 0 Å². The van der Waals surface area contributed by atoms with Crippen molar-refractivity contribution in [1.29, 1.82) is 0 Å². The van der Waals surface area contributed by atoms with Crippen molar-refractivity contribution in [3.05, 3.63) is 29.3 Å². The number of amides is 2. The number of carbonyl (C=O) groups is 2. The molecule has 9 heteroatoms. The summed E-state index contributed by atoms with van der Waals surface area (Å²) < 4.78 is 40.0. The molecular formula is C12H13FN2O5S. The van der Waals surface area contributed by atoms with Crippen molar-refractivity contribution in [2.24, 2.45) is 0 Å². The van der Waals surface area contributed by atoms with Crippen molar-refractivity contribution in [2.45, 2.75) is 25.4 Å². The molecule has 2 amide bonds. The Labute approximate surface area is 120 Å². The fourth-order valence-electron chi connectivity index (χ4n) is 1.95. The third kappa shape index (κ3) is 4.05. The molecule has 0 saturated carbocycles. The molecule has 1 aliphatic rings. The molecule has 1 fully saturated rings. The summed E-state index contributed by atoms with van der Waals surface area (Å²) in [7, 11) is -3.71. The third-order valence-electron chi connectivity index (χ3n) is 2.98. The highest BCUT2D eigenvalue weighted by Crippen LogP contribution is 2.24. The first-order chi connectivity index (χ1) is 9.76. The number of hydrogen-bond donors (Lipinski definition) is 1. The van der Waals surface area contributed by atoms with Crippen LogP contribution in [-0.4, -0.2) is 31.5 Å². The minimum Gasteiger partial charge on any atom is -0.296 e. The minimum atomic E-state index is -3.71. The van der Waals surface area contributed by atoms with Crippen LogP contribution in [0.4, 0.5) is 4.39 Å². The van der Waals surface area contributed by atoms with E-state index in [1.165, 1.54) is 6.07 Å². The molecule has 0 bridgehead atoms. The average Bonchev–Trinajstić information content (AvgIpc) is 2.37. The molecule has 0 radical (unpaired) electrons. The molecule has 1 atom stereocenters. The fraction of sp³-hybridized carbons (Fsp3) is 0.417. The van der Waals surface area contributed by atoms with Crippen molar-refractivity contribution >= 4 is 21.9 Å². The fourth-order valence-corrected chi connectivity index (χ4v) is 2.29. The number of aromatic nitrogens is 1. The van der Waals surface area contributed by atoms with Crippen LogP contribution in [0.15, 0.2) is 12.3 Å². The van der Waals surface area contributed by atoms with E-state index < -0.39 is 34.4 Å². The second-order valence-corrected chi connectivity index (χ2v) is 6.31. The second-order valence-electron chi connectivity index (χ2n) is 4.67. The summed E-state index contributed by atoms with van der Waals surface area (Å²) in [6, 6.07) is 1.28. The Morgan fingerprint density at radius 2 is 2.19 bits per heavy atom. The van der Waals surface area contributed by atoms with Gasteiger partial charge in [0.25, 0.3) is 10.1 Å². The molecular weight excluding hydrogens is 303 g/mol. The van der Waals surface area contributed by atoms with E-state index in [-0.39, 0.29) is 30.0 Å². The van der Waals surface area contributed by atoms with Crippen LogP contribution in [0.2, 0.25) is 0 Å². The minimum absolute atomic E-state index is 0.0184. The van der Waals surface area contributed by atoms with Crippen LogP contribution in [0, 0.1) is 5.82 Å². The maximum Gasteiger partial charge on any atom is 0.264 e. The molecule has 0 aromatic carbocycles. The van der Waals surface area contributed by atoms with Gasteiger partial charge in [0.15, 0.2) is 0 Å². The quantitative estimate of drug-likeness (QED) is 0.629. The van der Waals surface area contributed by atoms with Crippen LogP contribution in [0.1, 0.15) is 30.0 Å². The van der Waals surface area contributed by atoms with Gasteiger partial charge in [-0.1, -0.05) is 0 Å². The number of carbonyl (C=O) groups excluding carboxylic acids is 2. The summed E-state index contributed by atoms with van der Waals surface area (Å²) in [5.41, 5.74) is 0.253. The summed E-state index contributed by atoms with van der Waals surface area (Å²) in [5, 5.41) is 2.18. The molecule has 1 aromatic rings. The van der Waals surface area contributed by atoms with Gasteiger partial charge in [0.2, 0.25) is 11.8 Å². The molecule has 0 spiro atoms. The van der Waals surface area contributed by atoms with Crippen LogP contribution in [0.25, 0.3) is 0 Å². The molecule has 1 unspecified atom stereocenters. The molecule has 1 saturated heterocycles. The van der Waals surface area contributed by atoms with Crippen molar-refractivity contribution in [1.82, 2.24) is 10.3 Å². The Morgan fingerprint density at radius 1 is 1.48 bits per heavy atom. The second kappa shape index (κ2) is 5.86. The molecule has 114 valence electrons. The average molecular weight is 316 g/mol. The topological polar surface area (TPSA) is 102 Å². The van der Waals surface area contributed by atoms with Crippen molar-refractivity contribution in [3.8, 4) is 0 Å². The predicted octanol–water partition coefficient (Wildman–Crippen LogP) is 0.217. The van der Waals surface area contributed by atoms with E-state index in [0.717, 1.165) is 12.5 Å². The number of pyridine rings is 1. The highest BCUT2D eigenvalue weighted by atomic mass is 32.2. The number of nitrogens with one attached hydrogen (secondary N) is 1. The predicted molar refractivity (Wildman–Crippen MR) is 69.0 cm³/mol. The van der Waals surface area contributed by atoms with Gasteiger partial charge in [-0.25, -0.2) is 4.39 Å². The van der Waals surface area contributed by atoms with E-state index in [1.54, 1.807) is 0 Å². The SMILES string of the molecule is CS(=O)(=O)OCc1cc(C2CCC(=O)NC2=O)ncc1F. The molecule has 1 aliphatic heterocycles. The lowest BCUT2D eigenvalue weighted by molar-refractivity contribution is -0.134. The van der Waals surface area contributed by atoms with Crippen LogP contribution < -0.4 is 5.32 Å². The summed E-state index contributed by atoms with van der Waals surface area (Å²) in [6.45, 7) is -0.479. The lowest BCUT2D eigenvalue weighted by Gasteiger charge is -2.20. The largest absolute Gasteiger partial charge is 0.296 e. The lowest BCUT2D eigenvalue weighted by Crippen LogP contribution is -2.39. The van der Waals surface area contributed by atoms with Gasteiger partial charge in [0, 0.05) is 12.0 Å². The molecule has 1 N–H and O–H groups in total. The van der Waals surface area contributed by atoms with E-state index in [1.807, 2.05) is 0 Å². The first kappa shape index (κ1) is 15.5. The number of hydrogen-bond acceptors (Lipinski definition) is 6. The van der Waals surface area contributed by atoms with Crippen molar-refractivity contribution < 1.29 is 26.6 Å². The summed E-state index contributed by atoms with van der Waals surface area (Å²) >= 11 is 0. The third-order valence-corrected chi connectivity index (χ3v) is 3.53. The Bertz CT molecular complexity index is 689. The van der Waals surface area contributed by atoms with Gasteiger partial charge in [0.1, 0.15) is 5.82 Å². The van der Waals surface area contributed by atoms with Crippen LogP contribution in [0.5, 0.6) is 0 Å². The van der Waals surface area contributed by atoms with Gasteiger partial charge in [-0.3, -0.25) is 24.1 Å². The number of piperidine rings is 1. The maximum absolute atomic E-state index is 13.6. The molecule has 7 nitrogen and oxygen atoms in total. The highest BCUT2D eigenvalue weighted by molar-refractivity contribution is 7.85. The molecule has 0 aliphatic carbocycles. The highest BCUT2D eigenvalue weighted by Gasteiger charge is 2.29. The number of nitrogens with zero attached hydrogens (tertiary/aromatic N) is 1. The van der Waals surface area contributed by atoms with E-state index in [2.05, 4.69) is 14.5 Å². The maximum atomic E-state index is 13.6. The van der Waals surface area contributed by atoms with Crippen LogP contribution >= 0.6 is 0 Å². The number of halogens is 1. The summed E-state index contributed by atoms with van der Waals surface area (Å²) in [5.74, 6) is -2.26. The van der Waals surface area contributed by atoms with E-state index in [0.29, 0.717) is 0 Å². The van der Waals surface area contributed by atoms with E-state index >= 15 is 0 Å². The molecule has 2 rings (SSSR count). The zero-order valence-electron chi connectivity index (χ0n) is 11.1. The zero-order valence-corrected chi connectivity index (χ0v) is 11.9. The Kier molecular flexibility index (Phi) is 4.33. The Morgan fingerprint density at radius 3 is 2.81 bits per heavy atom. The first-order valence-electron chi connectivity index (χ1n) is 6.08. The molecule has 1 aromatic heterocycles. The molecule has 2 heterocycles. The molecule has 21 heavy (non-hydrogen) atoms. The lowest BCUT2D eigenvalue weighted by atomic mass is 9.93. The Hall–Kier alpha value is -1.87. The van der Waals surface area contributed by atoms with Gasteiger partial charge >= 0.3 is 0 Å². The van der Waals surface area contributed by atoms with Gasteiger partial charge in [-0.2, -0.15) is 8.42 Å². The number of imide groups is 1. The van der Waals surface area contributed by atoms with Crippen molar-refractivity contribution in [3.63, 3.8) is 0 Å². The van der Waals surface area contributed by atoms with E-state index in [4.69, 9.17) is 0 Å². The standard InChI is InChI=1S/C12H13FN2O5S/c1-21(18,19)20-6-7-4-10(14-5-9(7)13)8-2-3-11(16)15-12(8)17/h4-5,8H,2-3,6H2,1H3,(H,15,16,17). The number of rotatable bonds is 4. The van der Waals surface area contributed by atoms with Crippen molar-refractivity contribution in [2.75, 3.05) is 6.26 Å². The zero-order chi connectivity index (χ0) is 15.6. The first-order valence-corrected chi connectivity index (χ1v) is 7.90. The smallest absolute Gasteiger partial charge is 0.264 e. The van der Waals surface area contributed by atoms with Crippen LogP contribution in [0.3, 0.4) is 0 Å². The summed E-state index contributed by atoms with van der Waals surface area (Å²) in [4.78, 5) is 26.6. The van der Waals surface area contributed by atoms with Gasteiger partial charge in [0.05, 0.1) is 30.7 Å². The van der Waals surface area contributed by atoms with Gasteiger partial charge in [-0.05, 0) is 12.5 Å².